The summed E-state index contributed by atoms with van der Waals surface area (Å²) in [6.07, 6.45) is 0. The van der Waals surface area contributed by atoms with Gasteiger partial charge in [0.05, 0.1) is 0 Å². The van der Waals surface area contributed by atoms with Crippen LogP contribution in [0.2, 0.25) is 0 Å². The molecule has 0 saturated carbocycles. The van der Waals surface area contributed by atoms with E-state index in [9.17, 15) is 0 Å². The van der Waals surface area contributed by atoms with Crippen molar-refractivity contribution < 1.29 is 72.0 Å². The number of hydrogen-bond donors (Lipinski definition) is 0. The van der Waals surface area contributed by atoms with Gasteiger partial charge in [-0.05, 0) is 0 Å². The van der Waals surface area contributed by atoms with Gasteiger partial charge in [-0.15, -0.1) is 0 Å². The molecule has 0 aromatic heterocycles. The van der Waals surface area contributed by atoms with Gasteiger partial charge < -0.3 is 11.0 Å². The molecule has 0 heterocycles. The van der Waals surface area contributed by atoms with Crippen molar-refractivity contribution in [3.8, 4) is 0 Å². The van der Waals surface area contributed by atoms with Gasteiger partial charge in [0.25, 0.3) is 0 Å². The van der Waals surface area contributed by atoms with Gasteiger partial charge in [0.1, 0.15) is 0 Å². The second-order valence-electron chi connectivity index (χ2n) is 0. The van der Waals surface area contributed by atoms with Gasteiger partial charge in [-0.2, -0.15) is 0 Å². The van der Waals surface area contributed by atoms with Gasteiger partial charge >= 0.3 is 61.0 Å². The molecule has 0 aliphatic heterocycles. The second-order valence-corrected chi connectivity index (χ2v) is 0. The van der Waals surface area contributed by atoms with Crippen LogP contribution in [0.15, 0.2) is 0 Å². The van der Waals surface area contributed by atoms with Crippen LogP contribution in [0, 0.1) is 41.7 Å². The molecule has 0 spiro atoms. The molecule has 0 rings (SSSR count). The van der Waals surface area contributed by atoms with Gasteiger partial charge in [-0.1, -0.05) is 0 Å². The van der Waals surface area contributed by atoms with Crippen molar-refractivity contribution in [3.05, 3.63) is 0 Å². The van der Waals surface area contributed by atoms with E-state index in [-0.39, 0.29) is 52.7 Å². The van der Waals surface area contributed by atoms with Crippen LogP contribution in [-0.2, 0) is 24.8 Å². The Bertz CT molecular complexity index is 6.85. The Morgan fingerprint density at radius 2 is 1.20 bits per heavy atom. The molecular formula is HCeNiO3. The zero-order valence-corrected chi connectivity index (χ0v) is 6.21. The topological polar surface area (TPSA) is 75.6 Å². The van der Waals surface area contributed by atoms with Crippen LogP contribution in [0.1, 0.15) is 0 Å². The second kappa shape index (κ2) is 46.6. The van der Waals surface area contributed by atoms with E-state index in [1.807, 2.05) is 0 Å². The third-order valence-electron chi connectivity index (χ3n) is 0. The first-order valence-electron chi connectivity index (χ1n) is 0.129. The van der Waals surface area contributed by atoms with Crippen LogP contribution in [0.3, 0.4) is 0 Å². The molecule has 3 nitrogen and oxygen atoms in total. The average Bonchev–Trinajstić information content (AvgIpc) is 1.00. The molecule has 0 amide bonds. The fourth-order valence-corrected chi connectivity index (χ4v) is 0. The Morgan fingerprint density at radius 3 is 1.20 bits per heavy atom. The van der Waals surface area contributed by atoms with Crippen LogP contribution in [0.4, 0.5) is 0 Å². The predicted molar refractivity (Wildman–Crippen MR) is 3.31 cm³/mol. The Kier molecular flexibility index (Phi) is 286. The SMILES string of the molecule is [Ce+3].[O-2].[OH-].[O]=[Ni]. The molecule has 5 heavy (non-hydrogen) atoms. The Balaban J connectivity index is -0.00000000167. The van der Waals surface area contributed by atoms with Crippen molar-refractivity contribution >= 4 is 0 Å². The molecule has 0 atom stereocenters. The maximum atomic E-state index is 7.88. The third kappa shape index (κ3) is 28.5. The summed E-state index contributed by atoms with van der Waals surface area (Å²) in [5, 5.41) is 0. The van der Waals surface area contributed by atoms with E-state index in [1.54, 1.807) is 0 Å². The molecule has 0 bridgehead atoms. The fraction of sp³-hybridized carbons (Fsp3) is 0. The summed E-state index contributed by atoms with van der Waals surface area (Å²) in [5.41, 5.74) is 0. The maximum absolute atomic E-state index is 7.88. The molecule has 0 unspecified atom stereocenters. The normalized spacial score (nSPS) is 1.20. The first kappa shape index (κ1) is 30.7. The van der Waals surface area contributed by atoms with Crippen molar-refractivity contribution in [2.45, 2.75) is 0 Å². The summed E-state index contributed by atoms with van der Waals surface area (Å²) in [7, 11) is 0. The van der Waals surface area contributed by atoms with Crippen molar-refractivity contribution in [3.63, 3.8) is 0 Å². The minimum atomic E-state index is 0. The standard InChI is InChI=1S/Ce.Ni.H2O.2O/h;;1H2;;/q+3;;;;-2/p-1. The summed E-state index contributed by atoms with van der Waals surface area (Å²) < 4.78 is 7.88. The van der Waals surface area contributed by atoms with Gasteiger partial charge in [0.15, 0.2) is 0 Å². The molecule has 0 aromatic rings. The zero-order valence-electron chi connectivity index (χ0n) is 2.08. The van der Waals surface area contributed by atoms with Crippen LogP contribution >= 0.6 is 0 Å². The quantitative estimate of drug-likeness (QED) is 0.546. The Morgan fingerprint density at radius 1 is 1.20 bits per heavy atom. The first-order chi connectivity index (χ1) is 1.00. The molecule has 1 N–H and O–H groups in total. The van der Waals surface area contributed by atoms with Crippen molar-refractivity contribution in [1.82, 2.24) is 0 Å². The molecule has 33 valence electrons. The molecule has 0 saturated heterocycles. The van der Waals surface area contributed by atoms with E-state index in [2.05, 4.69) is 15.4 Å². The summed E-state index contributed by atoms with van der Waals surface area (Å²) in [4.78, 5) is 0. The minimum absolute atomic E-state index is 0. The summed E-state index contributed by atoms with van der Waals surface area (Å²) >= 11 is 2.62. The number of rotatable bonds is 0. The molecule has 0 aliphatic rings. The Hall–Kier alpha value is 1.59. The summed E-state index contributed by atoms with van der Waals surface area (Å²) in [6.45, 7) is 0. The van der Waals surface area contributed by atoms with Gasteiger partial charge in [0.2, 0.25) is 0 Å². The predicted octanol–water partition coefficient (Wildman–Crippen LogP) is -0.417. The van der Waals surface area contributed by atoms with Crippen molar-refractivity contribution in [1.29, 1.82) is 0 Å². The van der Waals surface area contributed by atoms with Crippen molar-refractivity contribution in [2.75, 3.05) is 0 Å². The molecule has 0 fully saturated rings. The van der Waals surface area contributed by atoms with Crippen LogP contribution in [-0.4, -0.2) is 5.48 Å². The van der Waals surface area contributed by atoms with Gasteiger partial charge in [0, 0.05) is 0 Å². The Labute approximate surface area is 71.1 Å². The van der Waals surface area contributed by atoms with Crippen LogP contribution < -0.4 is 0 Å². The van der Waals surface area contributed by atoms with E-state index < -0.39 is 0 Å². The monoisotopic (exact) mass is 247 g/mol. The van der Waals surface area contributed by atoms with Gasteiger partial charge in [-0.3, -0.25) is 0 Å². The third-order valence-corrected chi connectivity index (χ3v) is 0. The molecule has 5 heteroatoms. The first-order valence-corrected chi connectivity index (χ1v) is 0.532. The van der Waals surface area contributed by atoms with E-state index in [0.717, 1.165) is 0 Å². The fourth-order valence-electron chi connectivity index (χ4n) is 0. The van der Waals surface area contributed by atoms with Crippen LogP contribution in [0.5, 0.6) is 0 Å². The summed E-state index contributed by atoms with van der Waals surface area (Å²) in [6, 6.07) is 0. The molecular weight excluding hydrogens is 247 g/mol. The molecule has 0 aromatic carbocycles. The average molecular weight is 248 g/mol. The van der Waals surface area contributed by atoms with Crippen LogP contribution in [0.25, 0.3) is 0 Å². The van der Waals surface area contributed by atoms with E-state index in [0.29, 0.717) is 0 Å². The summed E-state index contributed by atoms with van der Waals surface area (Å²) in [5.74, 6) is 0. The van der Waals surface area contributed by atoms with Crippen molar-refractivity contribution in [2.24, 2.45) is 0 Å². The van der Waals surface area contributed by atoms with E-state index in [1.165, 1.54) is 0 Å². The van der Waals surface area contributed by atoms with E-state index in [4.69, 9.17) is 3.90 Å². The number of hydrogen-bond acceptors (Lipinski definition) is 2. The zero-order chi connectivity index (χ0) is 2.00. The van der Waals surface area contributed by atoms with Gasteiger partial charge in [-0.25, -0.2) is 0 Å². The molecule has 1 radical (unpaired) electrons. The molecule has 0 aliphatic carbocycles. The van der Waals surface area contributed by atoms with E-state index >= 15 is 0 Å².